The van der Waals surface area contributed by atoms with Crippen LogP contribution in [0.5, 0.6) is 0 Å². The monoisotopic (exact) mass is 363 g/mol. The molecule has 0 bridgehead atoms. The van der Waals surface area contributed by atoms with Gasteiger partial charge >= 0.3 is 0 Å². The Balaban J connectivity index is 1.68. The Morgan fingerprint density at radius 3 is 3.00 bits per heavy atom. The molecule has 0 spiro atoms. The number of carbonyl (C=O) groups is 1. The summed E-state index contributed by atoms with van der Waals surface area (Å²) in [7, 11) is 0. The topological polar surface area (TPSA) is 91.9 Å². The van der Waals surface area contributed by atoms with Gasteiger partial charge in [-0.2, -0.15) is 5.10 Å². The molecular weight excluding hydrogens is 342 g/mol. The standard InChI is InChI=1S/C17H22ClN5O2/c1-2-3-13-12(8-18)16(23-22-13)17(24)21-11-4-5-14(20-9-11)15-10-19-6-7-25-15/h4-5,9,15,19H,2-3,6-8,10H2,1H3,(H,21,24)(H,22,23)/t15-/m0/s1. The number of alkyl halides is 1. The number of aromatic amines is 1. The fourth-order valence-corrected chi connectivity index (χ4v) is 3.09. The molecule has 1 saturated heterocycles. The van der Waals surface area contributed by atoms with Gasteiger partial charge in [-0.25, -0.2) is 0 Å². The molecule has 2 aromatic rings. The number of aromatic nitrogens is 3. The second kappa shape index (κ2) is 8.42. The fourth-order valence-electron chi connectivity index (χ4n) is 2.81. The van der Waals surface area contributed by atoms with Crippen molar-refractivity contribution in [1.29, 1.82) is 0 Å². The first kappa shape index (κ1) is 17.8. The summed E-state index contributed by atoms with van der Waals surface area (Å²) in [6, 6.07) is 3.68. The highest BCUT2D eigenvalue weighted by Gasteiger charge is 2.20. The summed E-state index contributed by atoms with van der Waals surface area (Å²) >= 11 is 6.00. The number of hydrogen-bond acceptors (Lipinski definition) is 5. The van der Waals surface area contributed by atoms with Crippen LogP contribution >= 0.6 is 11.6 Å². The Bertz CT molecular complexity index is 710. The quantitative estimate of drug-likeness (QED) is 0.685. The summed E-state index contributed by atoms with van der Waals surface area (Å²) in [6.45, 7) is 4.34. The van der Waals surface area contributed by atoms with E-state index in [4.69, 9.17) is 16.3 Å². The molecule has 134 valence electrons. The molecule has 0 radical (unpaired) electrons. The Labute approximate surface area is 151 Å². The number of hydrogen-bond donors (Lipinski definition) is 3. The molecular formula is C17H22ClN5O2. The third-order valence-corrected chi connectivity index (χ3v) is 4.37. The molecule has 2 aromatic heterocycles. The molecule has 1 atom stereocenters. The van der Waals surface area contributed by atoms with E-state index in [0.29, 0.717) is 18.0 Å². The fraction of sp³-hybridized carbons (Fsp3) is 0.471. The van der Waals surface area contributed by atoms with Crippen LogP contribution in [-0.4, -0.2) is 40.8 Å². The van der Waals surface area contributed by atoms with Gasteiger partial charge in [-0.05, 0) is 18.6 Å². The number of nitrogens with zero attached hydrogens (tertiary/aromatic N) is 2. The number of nitrogens with one attached hydrogen (secondary N) is 3. The molecule has 7 nitrogen and oxygen atoms in total. The summed E-state index contributed by atoms with van der Waals surface area (Å²) < 4.78 is 5.67. The maximum atomic E-state index is 12.5. The van der Waals surface area contributed by atoms with E-state index >= 15 is 0 Å². The summed E-state index contributed by atoms with van der Waals surface area (Å²) in [6.07, 6.45) is 3.35. The molecule has 1 amide bonds. The predicted octanol–water partition coefficient (Wildman–Crippen LogP) is 2.41. The van der Waals surface area contributed by atoms with Gasteiger partial charge in [-0.3, -0.25) is 14.9 Å². The van der Waals surface area contributed by atoms with Crippen LogP contribution in [0.3, 0.4) is 0 Å². The van der Waals surface area contributed by atoms with Crippen LogP contribution in [0.4, 0.5) is 5.69 Å². The van der Waals surface area contributed by atoms with Crippen molar-refractivity contribution in [3.63, 3.8) is 0 Å². The molecule has 1 aliphatic rings. The minimum Gasteiger partial charge on any atom is -0.369 e. The molecule has 8 heteroatoms. The molecule has 3 heterocycles. The maximum absolute atomic E-state index is 12.5. The third-order valence-electron chi connectivity index (χ3n) is 4.10. The lowest BCUT2D eigenvalue weighted by atomic mass is 10.1. The van der Waals surface area contributed by atoms with Crippen molar-refractivity contribution in [3.8, 4) is 0 Å². The van der Waals surface area contributed by atoms with Gasteiger partial charge in [0.05, 0.1) is 30.1 Å². The SMILES string of the molecule is CCCc1[nH]nc(C(=O)Nc2ccc([C@@H]3CNCCO3)nc2)c1CCl. The molecule has 0 aliphatic carbocycles. The van der Waals surface area contributed by atoms with E-state index in [1.807, 2.05) is 12.1 Å². The van der Waals surface area contributed by atoms with Crippen molar-refractivity contribution >= 4 is 23.2 Å². The Morgan fingerprint density at radius 1 is 1.48 bits per heavy atom. The molecule has 1 aliphatic heterocycles. The van der Waals surface area contributed by atoms with Crippen molar-refractivity contribution in [2.24, 2.45) is 0 Å². The van der Waals surface area contributed by atoms with Crippen LogP contribution in [0.25, 0.3) is 0 Å². The molecule has 0 unspecified atom stereocenters. The van der Waals surface area contributed by atoms with Gasteiger partial charge in [0, 0.05) is 24.3 Å². The second-order valence-corrected chi connectivity index (χ2v) is 6.17. The van der Waals surface area contributed by atoms with Gasteiger partial charge in [0.15, 0.2) is 5.69 Å². The van der Waals surface area contributed by atoms with E-state index in [2.05, 4.69) is 32.7 Å². The predicted molar refractivity (Wildman–Crippen MR) is 95.9 cm³/mol. The van der Waals surface area contributed by atoms with Crippen LogP contribution in [0.15, 0.2) is 18.3 Å². The average Bonchev–Trinajstić information content (AvgIpc) is 3.06. The number of rotatable bonds is 6. The molecule has 0 aromatic carbocycles. The Kier molecular flexibility index (Phi) is 6.01. The van der Waals surface area contributed by atoms with Crippen molar-refractivity contribution in [3.05, 3.63) is 41.0 Å². The molecule has 25 heavy (non-hydrogen) atoms. The van der Waals surface area contributed by atoms with Crippen molar-refractivity contribution < 1.29 is 9.53 Å². The maximum Gasteiger partial charge on any atom is 0.276 e. The van der Waals surface area contributed by atoms with Crippen LogP contribution in [-0.2, 0) is 17.0 Å². The number of halogens is 1. The van der Waals surface area contributed by atoms with Crippen molar-refractivity contribution in [2.75, 3.05) is 25.0 Å². The van der Waals surface area contributed by atoms with Crippen molar-refractivity contribution in [1.82, 2.24) is 20.5 Å². The zero-order valence-electron chi connectivity index (χ0n) is 14.1. The third kappa shape index (κ3) is 4.18. The largest absolute Gasteiger partial charge is 0.369 e. The number of carbonyl (C=O) groups excluding carboxylic acids is 1. The zero-order valence-corrected chi connectivity index (χ0v) is 14.9. The van der Waals surface area contributed by atoms with E-state index in [1.165, 1.54) is 0 Å². The summed E-state index contributed by atoms with van der Waals surface area (Å²) in [5, 5.41) is 13.1. The van der Waals surface area contributed by atoms with Gasteiger partial charge in [0.1, 0.15) is 6.10 Å². The van der Waals surface area contributed by atoms with Gasteiger partial charge in [0.25, 0.3) is 5.91 Å². The van der Waals surface area contributed by atoms with Gasteiger partial charge in [-0.15, -0.1) is 11.6 Å². The minimum atomic E-state index is -0.292. The average molecular weight is 364 g/mol. The first-order chi connectivity index (χ1) is 12.2. The van der Waals surface area contributed by atoms with E-state index < -0.39 is 0 Å². The van der Waals surface area contributed by atoms with E-state index in [-0.39, 0.29) is 17.9 Å². The normalized spacial score (nSPS) is 17.4. The highest BCUT2D eigenvalue weighted by molar-refractivity contribution is 6.18. The van der Waals surface area contributed by atoms with Crippen LogP contribution in [0, 0.1) is 0 Å². The number of ether oxygens (including phenoxy) is 1. The van der Waals surface area contributed by atoms with E-state index in [0.717, 1.165) is 42.9 Å². The van der Waals surface area contributed by atoms with Crippen molar-refractivity contribution in [2.45, 2.75) is 31.7 Å². The summed E-state index contributed by atoms with van der Waals surface area (Å²) in [5.74, 6) is -0.0444. The first-order valence-electron chi connectivity index (χ1n) is 8.44. The molecule has 1 fully saturated rings. The van der Waals surface area contributed by atoms with Gasteiger partial charge < -0.3 is 15.4 Å². The Morgan fingerprint density at radius 2 is 2.36 bits per heavy atom. The summed E-state index contributed by atoms with van der Waals surface area (Å²) in [4.78, 5) is 16.9. The zero-order chi connectivity index (χ0) is 17.6. The summed E-state index contributed by atoms with van der Waals surface area (Å²) in [5.41, 5.74) is 3.46. The molecule has 3 N–H and O–H groups in total. The number of morpholine rings is 1. The van der Waals surface area contributed by atoms with Gasteiger partial charge in [-0.1, -0.05) is 13.3 Å². The second-order valence-electron chi connectivity index (χ2n) is 5.90. The lowest BCUT2D eigenvalue weighted by Crippen LogP contribution is -2.33. The minimum absolute atomic E-state index is 0.0516. The van der Waals surface area contributed by atoms with E-state index in [9.17, 15) is 4.79 Å². The lowest BCUT2D eigenvalue weighted by Gasteiger charge is -2.23. The lowest BCUT2D eigenvalue weighted by molar-refractivity contribution is 0.0250. The number of H-pyrrole nitrogens is 1. The number of pyridine rings is 1. The number of amides is 1. The smallest absolute Gasteiger partial charge is 0.276 e. The van der Waals surface area contributed by atoms with Gasteiger partial charge in [0.2, 0.25) is 0 Å². The highest BCUT2D eigenvalue weighted by Crippen LogP contribution is 2.20. The molecule has 0 saturated carbocycles. The van der Waals surface area contributed by atoms with Crippen LogP contribution in [0.2, 0.25) is 0 Å². The number of anilines is 1. The first-order valence-corrected chi connectivity index (χ1v) is 8.98. The van der Waals surface area contributed by atoms with Crippen LogP contribution < -0.4 is 10.6 Å². The Hall–Kier alpha value is -1.96. The molecule has 3 rings (SSSR count). The van der Waals surface area contributed by atoms with Crippen LogP contribution in [0.1, 0.15) is 46.9 Å². The highest BCUT2D eigenvalue weighted by atomic mass is 35.5. The number of aryl methyl sites for hydroxylation is 1. The van der Waals surface area contributed by atoms with E-state index in [1.54, 1.807) is 6.20 Å².